The molecule has 13 heavy (non-hydrogen) atoms. The zero-order chi connectivity index (χ0) is 11.1. The quantitative estimate of drug-likeness (QED) is 0.549. The summed E-state index contributed by atoms with van der Waals surface area (Å²) in [4.78, 5) is 0. The van der Waals surface area contributed by atoms with Crippen molar-refractivity contribution in [2.24, 2.45) is 5.73 Å². The molecule has 0 radical (unpaired) electrons. The number of hydrogen-bond donors (Lipinski definition) is 2. The fourth-order valence-corrected chi connectivity index (χ4v) is 0.322. The number of nitrogens with one attached hydrogen (secondary N) is 1. The molecule has 0 aromatic rings. The highest BCUT2D eigenvalue weighted by Gasteiger charge is 2.31. The molecule has 80 valence electrons. The third-order valence-corrected chi connectivity index (χ3v) is 2.56. The van der Waals surface area contributed by atoms with Crippen molar-refractivity contribution >= 4 is 11.6 Å². The van der Waals surface area contributed by atoms with Crippen LogP contribution in [0.1, 0.15) is 27.7 Å². The van der Waals surface area contributed by atoms with E-state index in [-0.39, 0.29) is 11.1 Å². The summed E-state index contributed by atoms with van der Waals surface area (Å²) < 4.78 is 0. The van der Waals surface area contributed by atoms with Crippen molar-refractivity contribution in [2.75, 3.05) is 12.9 Å². The lowest BCUT2D eigenvalue weighted by Crippen LogP contribution is -2.59. The molecule has 0 saturated heterocycles. The Balaban J connectivity index is 0. The molecule has 0 spiro atoms. The summed E-state index contributed by atoms with van der Waals surface area (Å²) in [6, 6.07) is 0. The Bertz CT molecular complexity index is 136. The van der Waals surface area contributed by atoms with Gasteiger partial charge in [-0.15, -0.1) is 18.2 Å². The largest absolute Gasteiger partial charge is 0.324 e. The first kappa shape index (κ1) is 15.4. The highest BCUT2D eigenvalue weighted by Crippen LogP contribution is 2.16. The second kappa shape index (κ2) is 6.41. The molecule has 0 atom stereocenters. The van der Waals surface area contributed by atoms with Gasteiger partial charge in [0, 0.05) is 17.0 Å². The van der Waals surface area contributed by atoms with Gasteiger partial charge in [-0.3, -0.25) is 0 Å². The Morgan fingerprint density at radius 2 is 1.69 bits per heavy atom. The van der Waals surface area contributed by atoms with Gasteiger partial charge in [0.25, 0.3) is 0 Å². The summed E-state index contributed by atoms with van der Waals surface area (Å²) >= 11 is 5.07. The molecule has 0 rings (SSSR count). The van der Waals surface area contributed by atoms with E-state index in [0.29, 0.717) is 5.88 Å². The topological polar surface area (TPSA) is 38.0 Å². The van der Waals surface area contributed by atoms with Gasteiger partial charge in [-0.2, -0.15) is 0 Å². The lowest BCUT2D eigenvalue weighted by Gasteiger charge is -2.38. The molecule has 2 nitrogen and oxygen atoms in total. The Kier molecular flexibility index (Phi) is 7.61. The van der Waals surface area contributed by atoms with E-state index in [1.807, 2.05) is 20.9 Å². The van der Waals surface area contributed by atoms with Crippen LogP contribution in [0.5, 0.6) is 0 Å². The van der Waals surface area contributed by atoms with Gasteiger partial charge >= 0.3 is 0 Å². The van der Waals surface area contributed by atoms with Crippen LogP contribution in [-0.4, -0.2) is 24.0 Å². The fraction of sp³-hybridized carbons (Fsp3) is 0.800. The average Bonchev–Trinajstić information content (AvgIpc) is 2.03. The number of likely N-dealkylation sites (N-methyl/N-ethyl adjacent to an activating group) is 1. The van der Waals surface area contributed by atoms with Crippen molar-refractivity contribution in [2.45, 2.75) is 38.8 Å². The molecule has 0 aromatic carbocycles. The van der Waals surface area contributed by atoms with Crippen LogP contribution in [0.2, 0.25) is 0 Å². The van der Waals surface area contributed by atoms with Crippen molar-refractivity contribution in [3.63, 3.8) is 0 Å². The molecule has 0 unspecified atom stereocenters. The summed E-state index contributed by atoms with van der Waals surface area (Å²) in [5.74, 6) is 0.556. The third kappa shape index (κ3) is 7.05. The van der Waals surface area contributed by atoms with E-state index >= 15 is 0 Å². The molecular formula is C10H23ClN2. The Morgan fingerprint density at radius 1 is 1.38 bits per heavy atom. The van der Waals surface area contributed by atoms with E-state index in [1.165, 1.54) is 0 Å². The third-order valence-electron chi connectivity index (χ3n) is 2.34. The van der Waals surface area contributed by atoms with E-state index < -0.39 is 0 Å². The number of halogens is 1. The Labute approximate surface area is 87.5 Å². The first-order chi connectivity index (χ1) is 5.72. The minimum absolute atomic E-state index is 0.00694. The molecule has 0 amide bonds. The fourth-order valence-electron chi connectivity index (χ4n) is 0.322. The van der Waals surface area contributed by atoms with Crippen LogP contribution in [-0.2, 0) is 0 Å². The van der Waals surface area contributed by atoms with Crippen molar-refractivity contribution in [3.8, 4) is 0 Å². The van der Waals surface area contributed by atoms with Crippen LogP contribution in [0.3, 0.4) is 0 Å². The maximum Gasteiger partial charge on any atom is 0.0401 e. The summed E-state index contributed by atoms with van der Waals surface area (Å²) in [6.45, 7) is 11.6. The SMILES string of the molecule is C=CCCl.CNC(C)(C)C(C)(C)N. The number of allylic oxidation sites excluding steroid dienone is 1. The zero-order valence-corrected chi connectivity index (χ0v) is 10.2. The minimum Gasteiger partial charge on any atom is -0.324 e. The predicted molar refractivity (Wildman–Crippen MR) is 62.3 cm³/mol. The van der Waals surface area contributed by atoms with Crippen molar-refractivity contribution < 1.29 is 0 Å². The molecule has 0 aliphatic carbocycles. The summed E-state index contributed by atoms with van der Waals surface area (Å²) in [5.41, 5.74) is 5.70. The number of rotatable bonds is 3. The van der Waals surface area contributed by atoms with Crippen LogP contribution in [0, 0.1) is 0 Å². The van der Waals surface area contributed by atoms with Crippen LogP contribution >= 0.6 is 11.6 Å². The van der Waals surface area contributed by atoms with Crippen LogP contribution in [0.4, 0.5) is 0 Å². The smallest absolute Gasteiger partial charge is 0.0401 e. The maximum atomic E-state index is 5.86. The average molecular weight is 207 g/mol. The summed E-state index contributed by atoms with van der Waals surface area (Å²) in [5, 5.41) is 3.16. The van der Waals surface area contributed by atoms with Crippen LogP contribution in [0.25, 0.3) is 0 Å². The number of nitrogens with two attached hydrogens (primary N) is 1. The lowest BCUT2D eigenvalue weighted by molar-refractivity contribution is 0.259. The first-order valence-corrected chi connectivity index (χ1v) is 4.91. The van der Waals surface area contributed by atoms with Gasteiger partial charge in [-0.1, -0.05) is 6.08 Å². The molecule has 0 bridgehead atoms. The Hall–Kier alpha value is -0.0500. The monoisotopic (exact) mass is 206 g/mol. The highest BCUT2D eigenvalue weighted by atomic mass is 35.5. The predicted octanol–water partition coefficient (Wildman–Crippen LogP) is 2.13. The summed E-state index contributed by atoms with van der Waals surface area (Å²) in [6.07, 6.45) is 1.64. The normalized spacial score (nSPS) is 11.6. The summed E-state index contributed by atoms with van der Waals surface area (Å²) in [7, 11) is 1.93. The maximum absolute atomic E-state index is 5.86. The van der Waals surface area contributed by atoms with E-state index in [0.717, 1.165) is 0 Å². The van der Waals surface area contributed by atoms with Crippen LogP contribution < -0.4 is 11.1 Å². The lowest BCUT2D eigenvalue weighted by atomic mass is 9.84. The van der Waals surface area contributed by atoms with Gasteiger partial charge in [-0.25, -0.2) is 0 Å². The van der Waals surface area contributed by atoms with Crippen LogP contribution in [0.15, 0.2) is 12.7 Å². The van der Waals surface area contributed by atoms with Gasteiger partial charge in [0.15, 0.2) is 0 Å². The van der Waals surface area contributed by atoms with E-state index in [9.17, 15) is 0 Å². The van der Waals surface area contributed by atoms with E-state index in [4.69, 9.17) is 17.3 Å². The molecule has 3 heteroatoms. The molecule has 3 N–H and O–H groups in total. The van der Waals surface area contributed by atoms with Gasteiger partial charge in [0.1, 0.15) is 0 Å². The second-order valence-corrected chi connectivity index (χ2v) is 4.35. The second-order valence-electron chi connectivity index (χ2n) is 4.04. The number of hydrogen-bond acceptors (Lipinski definition) is 2. The highest BCUT2D eigenvalue weighted by molar-refractivity contribution is 6.18. The molecule has 0 aromatic heterocycles. The van der Waals surface area contributed by atoms with E-state index in [2.05, 4.69) is 25.7 Å². The molecule has 0 aliphatic heterocycles. The standard InChI is InChI=1S/C7H18N2.C3H5Cl/c1-6(2,8)7(3,4)9-5;1-2-3-4/h9H,8H2,1-5H3;2H,1,3H2. The molecular weight excluding hydrogens is 184 g/mol. The number of alkyl halides is 1. The molecule has 0 aliphatic rings. The molecule has 0 heterocycles. The van der Waals surface area contributed by atoms with Crippen molar-refractivity contribution in [3.05, 3.63) is 12.7 Å². The van der Waals surface area contributed by atoms with Gasteiger partial charge in [0.2, 0.25) is 0 Å². The zero-order valence-electron chi connectivity index (χ0n) is 9.45. The molecule has 0 fully saturated rings. The van der Waals surface area contributed by atoms with Crippen molar-refractivity contribution in [1.82, 2.24) is 5.32 Å². The van der Waals surface area contributed by atoms with Crippen molar-refractivity contribution in [1.29, 1.82) is 0 Å². The van der Waals surface area contributed by atoms with Gasteiger partial charge in [-0.05, 0) is 34.7 Å². The molecule has 0 saturated carbocycles. The van der Waals surface area contributed by atoms with E-state index in [1.54, 1.807) is 6.08 Å². The minimum atomic E-state index is -0.165. The Morgan fingerprint density at radius 3 is 1.69 bits per heavy atom. The van der Waals surface area contributed by atoms with Gasteiger partial charge in [0.05, 0.1) is 0 Å². The first-order valence-electron chi connectivity index (χ1n) is 4.37. The van der Waals surface area contributed by atoms with Gasteiger partial charge < -0.3 is 11.1 Å².